The van der Waals surface area contributed by atoms with E-state index in [2.05, 4.69) is 5.10 Å². The van der Waals surface area contributed by atoms with Gasteiger partial charge in [-0.15, -0.1) is 0 Å². The van der Waals surface area contributed by atoms with Gasteiger partial charge in [-0.2, -0.15) is 5.10 Å². The normalized spacial score (nSPS) is 10.5. The van der Waals surface area contributed by atoms with Gasteiger partial charge >= 0.3 is 7.12 Å². The summed E-state index contributed by atoms with van der Waals surface area (Å²) in [4.78, 5) is 0. The fraction of sp³-hybridized carbons (Fsp3) is 0.357. The van der Waals surface area contributed by atoms with Crippen LogP contribution in [0, 0.1) is 0 Å². The van der Waals surface area contributed by atoms with Gasteiger partial charge in [0.2, 0.25) is 0 Å². The molecule has 0 bridgehead atoms. The Labute approximate surface area is 124 Å². The standard InChI is InChI=1S/C14H19BN2O4/c1-3-6-21-13-8-16-17(10-13)9-11-7-12(15(18)19)4-5-14(11)20-2/h4-5,7-8,10,18-19H,3,6,9H2,1-2H3. The zero-order valence-corrected chi connectivity index (χ0v) is 12.2. The molecule has 1 aromatic carbocycles. The summed E-state index contributed by atoms with van der Waals surface area (Å²) in [6.45, 7) is 3.15. The van der Waals surface area contributed by atoms with Crippen LogP contribution in [-0.2, 0) is 6.54 Å². The summed E-state index contributed by atoms with van der Waals surface area (Å²) in [5.41, 5.74) is 1.23. The lowest BCUT2D eigenvalue weighted by Gasteiger charge is -2.10. The first kappa shape index (κ1) is 15.4. The monoisotopic (exact) mass is 290 g/mol. The molecule has 0 amide bonds. The Morgan fingerprint density at radius 3 is 2.81 bits per heavy atom. The molecular weight excluding hydrogens is 271 g/mol. The van der Waals surface area contributed by atoms with Gasteiger partial charge in [-0.25, -0.2) is 0 Å². The first-order valence-electron chi connectivity index (χ1n) is 6.82. The highest BCUT2D eigenvalue weighted by Gasteiger charge is 2.14. The molecule has 2 rings (SSSR count). The second-order valence-corrected chi connectivity index (χ2v) is 4.67. The Kier molecular flexibility index (Phi) is 5.24. The average molecular weight is 290 g/mol. The van der Waals surface area contributed by atoms with E-state index in [0.29, 0.717) is 30.1 Å². The third kappa shape index (κ3) is 3.99. The van der Waals surface area contributed by atoms with Gasteiger partial charge in [0.15, 0.2) is 5.75 Å². The van der Waals surface area contributed by atoms with Crippen molar-refractivity contribution in [3.8, 4) is 11.5 Å². The molecule has 0 aliphatic heterocycles. The second-order valence-electron chi connectivity index (χ2n) is 4.67. The van der Waals surface area contributed by atoms with E-state index >= 15 is 0 Å². The van der Waals surface area contributed by atoms with Crippen LogP contribution in [0.25, 0.3) is 0 Å². The summed E-state index contributed by atoms with van der Waals surface area (Å²) < 4.78 is 12.5. The molecule has 2 N–H and O–H groups in total. The van der Waals surface area contributed by atoms with Crippen molar-refractivity contribution in [1.82, 2.24) is 9.78 Å². The Morgan fingerprint density at radius 1 is 1.33 bits per heavy atom. The van der Waals surface area contributed by atoms with Gasteiger partial charge in [0.1, 0.15) is 5.75 Å². The van der Waals surface area contributed by atoms with E-state index < -0.39 is 7.12 Å². The minimum atomic E-state index is -1.50. The van der Waals surface area contributed by atoms with Gasteiger partial charge in [-0.05, 0) is 17.9 Å². The molecule has 112 valence electrons. The maximum absolute atomic E-state index is 9.25. The van der Waals surface area contributed by atoms with Gasteiger partial charge in [0.25, 0.3) is 0 Å². The Hall–Kier alpha value is -1.99. The number of benzene rings is 1. The van der Waals surface area contributed by atoms with Crippen molar-refractivity contribution >= 4 is 12.6 Å². The summed E-state index contributed by atoms with van der Waals surface area (Å²) in [6, 6.07) is 5.02. The summed E-state index contributed by atoms with van der Waals surface area (Å²) in [6.07, 6.45) is 4.40. The van der Waals surface area contributed by atoms with Crippen LogP contribution in [0.3, 0.4) is 0 Å². The van der Waals surface area contributed by atoms with E-state index in [1.54, 1.807) is 42.4 Å². The third-order valence-electron chi connectivity index (χ3n) is 3.02. The van der Waals surface area contributed by atoms with Crippen molar-refractivity contribution in [2.45, 2.75) is 19.9 Å². The van der Waals surface area contributed by atoms with E-state index in [1.807, 2.05) is 6.92 Å². The van der Waals surface area contributed by atoms with Crippen molar-refractivity contribution in [2.24, 2.45) is 0 Å². The number of hydrogen-bond acceptors (Lipinski definition) is 5. The van der Waals surface area contributed by atoms with Crippen LogP contribution >= 0.6 is 0 Å². The number of methoxy groups -OCH3 is 1. The second kappa shape index (κ2) is 7.15. The summed E-state index contributed by atoms with van der Waals surface area (Å²) in [7, 11) is 0.0722. The largest absolute Gasteiger partial charge is 0.496 e. The quantitative estimate of drug-likeness (QED) is 0.722. The highest BCUT2D eigenvalue weighted by molar-refractivity contribution is 6.58. The van der Waals surface area contributed by atoms with Gasteiger partial charge in [-0.3, -0.25) is 4.68 Å². The van der Waals surface area contributed by atoms with Crippen LogP contribution in [0.5, 0.6) is 11.5 Å². The van der Waals surface area contributed by atoms with E-state index in [1.165, 1.54) is 0 Å². The molecule has 0 spiro atoms. The minimum Gasteiger partial charge on any atom is -0.496 e. The third-order valence-corrected chi connectivity index (χ3v) is 3.02. The lowest BCUT2D eigenvalue weighted by atomic mass is 9.79. The molecular formula is C14H19BN2O4. The number of nitrogens with zero attached hydrogens (tertiary/aromatic N) is 2. The molecule has 0 aliphatic carbocycles. The predicted octanol–water partition coefficient (Wildman–Crippen LogP) is 0.409. The number of rotatable bonds is 7. The van der Waals surface area contributed by atoms with Crippen molar-refractivity contribution < 1.29 is 19.5 Å². The fourth-order valence-corrected chi connectivity index (χ4v) is 1.98. The van der Waals surface area contributed by atoms with Gasteiger partial charge < -0.3 is 19.5 Å². The molecule has 2 aromatic rings. The molecule has 0 unspecified atom stereocenters. The molecule has 0 aliphatic rings. The summed E-state index contributed by atoms with van der Waals surface area (Å²) >= 11 is 0. The zero-order chi connectivity index (χ0) is 15.2. The van der Waals surface area contributed by atoms with E-state index in [0.717, 1.165) is 12.0 Å². The first-order chi connectivity index (χ1) is 10.1. The Morgan fingerprint density at radius 2 is 2.14 bits per heavy atom. The molecule has 0 atom stereocenters. The van der Waals surface area contributed by atoms with Gasteiger partial charge in [0, 0.05) is 5.56 Å². The molecule has 7 heteroatoms. The summed E-state index contributed by atoms with van der Waals surface area (Å²) in [5, 5.41) is 22.7. The minimum absolute atomic E-state index is 0.417. The lowest BCUT2D eigenvalue weighted by molar-refractivity contribution is 0.317. The maximum Gasteiger partial charge on any atom is 0.488 e. The fourth-order valence-electron chi connectivity index (χ4n) is 1.98. The molecule has 1 aromatic heterocycles. The predicted molar refractivity (Wildman–Crippen MR) is 79.9 cm³/mol. The van der Waals surface area contributed by atoms with Crippen LogP contribution in [0.1, 0.15) is 18.9 Å². The van der Waals surface area contributed by atoms with Crippen molar-refractivity contribution in [2.75, 3.05) is 13.7 Å². The van der Waals surface area contributed by atoms with E-state index in [9.17, 15) is 10.0 Å². The highest BCUT2D eigenvalue weighted by Crippen LogP contribution is 2.19. The Bertz CT molecular complexity index is 586. The van der Waals surface area contributed by atoms with E-state index in [4.69, 9.17) is 9.47 Å². The van der Waals surface area contributed by atoms with E-state index in [-0.39, 0.29) is 0 Å². The zero-order valence-electron chi connectivity index (χ0n) is 12.2. The van der Waals surface area contributed by atoms with Crippen LogP contribution < -0.4 is 14.9 Å². The van der Waals surface area contributed by atoms with Crippen LogP contribution in [0.2, 0.25) is 0 Å². The maximum atomic E-state index is 9.25. The SMILES string of the molecule is CCCOc1cnn(Cc2cc(B(O)O)ccc2OC)c1. The molecule has 6 nitrogen and oxygen atoms in total. The van der Waals surface area contributed by atoms with Gasteiger partial charge in [-0.1, -0.05) is 19.1 Å². The lowest BCUT2D eigenvalue weighted by Crippen LogP contribution is -2.30. The van der Waals surface area contributed by atoms with Crippen LogP contribution in [-0.4, -0.2) is 40.7 Å². The van der Waals surface area contributed by atoms with Crippen molar-refractivity contribution in [3.63, 3.8) is 0 Å². The molecule has 0 radical (unpaired) electrons. The molecule has 21 heavy (non-hydrogen) atoms. The average Bonchev–Trinajstić information content (AvgIpc) is 2.92. The smallest absolute Gasteiger partial charge is 0.488 e. The molecule has 1 heterocycles. The number of hydrogen-bond donors (Lipinski definition) is 2. The highest BCUT2D eigenvalue weighted by atomic mass is 16.5. The Balaban J connectivity index is 2.17. The first-order valence-corrected chi connectivity index (χ1v) is 6.82. The molecule has 0 fully saturated rings. The van der Waals surface area contributed by atoms with Crippen molar-refractivity contribution in [3.05, 3.63) is 36.2 Å². The molecule has 0 saturated heterocycles. The topological polar surface area (TPSA) is 76.7 Å². The van der Waals surface area contributed by atoms with Crippen molar-refractivity contribution in [1.29, 1.82) is 0 Å². The molecule has 0 saturated carbocycles. The van der Waals surface area contributed by atoms with Crippen LogP contribution in [0.4, 0.5) is 0 Å². The van der Waals surface area contributed by atoms with Gasteiger partial charge in [0.05, 0.1) is 32.7 Å². The number of ether oxygens (including phenoxy) is 2. The summed E-state index contributed by atoms with van der Waals surface area (Å²) in [5.74, 6) is 1.39. The number of aromatic nitrogens is 2. The van der Waals surface area contributed by atoms with Crippen LogP contribution in [0.15, 0.2) is 30.6 Å².